The lowest BCUT2D eigenvalue weighted by atomic mass is 9.97. The summed E-state index contributed by atoms with van der Waals surface area (Å²) in [5.74, 6) is 1.07. The molecule has 0 unspecified atom stereocenters. The van der Waals surface area contributed by atoms with Gasteiger partial charge >= 0.3 is 12.1 Å². The van der Waals surface area contributed by atoms with Crippen molar-refractivity contribution < 1.29 is 33.3 Å². The molecular formula is C33H46N4O7. The number of imide groups is 1. The number of nitrogens with zero attached hydrogens (tertiary/aromatic N) is 3. The zero-order chi connectivity index (χ0) is 31.5. The van der Waals surface area contributed by atoms with Gasteiger partial charge in [0.15, 0.2) is 0 Å². The number of carbonyl (C=O) groups is 3. The van der Waals surface area contributed by atoms with Crippen molar-refractivity contribution in [1.29, 1.82) is 0 Å². The zero-order valence-electron chi connectivity index (χ0n) is 26.4. The maximum atomic E-state index is 13.3. The van der Waals surface area contributed by atoms with Gasteiger partial charge in [-0.05, 0) is 81.5 Å². The van der Waals surface area contributed by atoms with Crippen LogP contribution >= 0.6 is 0 Å². The number of carbonyl (C=O) groups excluding carboxylic acids is 3. The van der Waals surface area contributed by atoms with Crippen molar-refractivity contribution >= 4 is 29.4 Å². The lowest BCUT2D eigenvalue weighted by Crippen LogP contribution is -2.52. The Balaban J connectivity index is 1.14. The molecular weight excluding hydrogens is 564 g/mol. The maximum absolute atomic E-state index is 13.3. The summed E-state index contributed by atoms with van der Waals surface area (Å²) < 4.78 is 21.8. The van der Waals surface area contributed by atoms with E-state index in [0.717, 1.165) is 48.6 Å². The molecule has 0 aliphatic carbocycles. The van der Waals surface area contributed by atoms with Gasteiger partial charge in [0.25, 0.3) is 0 Å². The number of rotatable bonds is 13. The number of ether oxygens (including phenoxy) is 4. The average molecular weight is 611 g/mol. The Morgan fingerprint density at radius 3 is 2.20 bits per heavy atom. The van der Waals surface area contributed by atoms with E-state index < -0.39 is 11.7 Å². The molecule has 2 aromatic rings. The number of hydrogen-bond acceptors (Lipinski definition) is 8. The minimum Gasteiger partial charge on any atom is -0.497 e. The first-order valence-electron chi connectivity index (χ1n) is 15.3. The number of anilines is 2. The molecule has 4 rings (SSSR count). The first-order chi connectivity index (χ1) is 21.1. The van der Waals surface area contributed by atoms with Gasteiger partial charge in [0.05, 0.1) is 33.5 Å². The number of nitrogens with one attached hydrogen (secondary N) is 1. The topological polar surface area (TPSA) is 110 Å². The molecule has 0 bridgehead atoms. The third-order valence-corrected chi connectivity index (χ3v) is 7.59. The SMILES string of the molecule is COc1ccc(CN2C(=O)CCN(c3ccc(N4CCC(COCCOCCNC(=O)OC(C)(C)C)CC4)cc3)C2=O)cc1. The fraction of sp³-hybridized carbons (Fsp3) is 0.545. The number of benzene rings is 2. The number of amides is 4. The Morgan fingerprint density at radius 1 is 0.886 bits per heavy atom. The molecule has 0 saturated carbocycles. The van der Waals surface area contributed by atoms with E-state index in [1.807, 2.05) is 57.2 Å². The van der Waals surface area contributed by atoms with E-state index in [2.05, 4.69) is 22.3 Å². The van der Waals surface area contributed by atoms with Crippen molar-refractivity contribution in [3.63, 3.8) is 0 Å². The molecule has 2 aromatic carbocycles. The Labute approximate surface area is 260 Å². The minimum atomic E-state index is -0.513. The molecule has 11 heteroatoms. The van der Waals surface area contributed by atoms with E-state index in [0.29, 0.717) is 45.4 Å². The fourth-order valence-electron chi connectivity index (χ4n) is 5.21. The minimum absolute atomic E-state index is 0.161. The van der Waals surface area contributed by atoms with Gasteiger partial charge in [-0.15, -0.1) is 0 Å². The van der Waals surface area contributed by atoms with Gasteiger partial charge in [-0.3, -0.25) is 14.6 Å². The third-order valence-electron chi connectivity index (χ3n) is 7.59. The first kappa shape index (κ1) is 33.1. The summed E-state index contributed by atoms with van der Waals surface area (Å²) in [4.78, 5) is 42.9. The summed E-state index contributed by atoms with van der Waals surface area (Å²) in [7, 11) is 1.60. The molecule has 240 valence electrons. The summed E-state index contributed by atoms with van der Waals surface area (Å²) >= 11 is 0. The standard InChI is InChI=1S/C33H46N4O7/c1-33(2,3)44-31(39)34-16-20-42-21-22-43-24-26-13-17-35(18-14-26)27-7-9-28(10-8-27)36-19-15-30(38)37(32(36)40)23-25-5-11-29(41-4)12-6-25/h5-12,26H,13-24H2,1-4H3,(H,34,39). The molecule has 2 aliphatic heterocycles. The molecule has 2 aliphatic rings. The number of methoxy groups -OCH3 is 1. The van der Waals surface area contributed by atoms with E-state index in [4.69, 9.17) is 18.9 Å². The van der Waals surface area contributed by atoms with Crippen molar-refractivity contribution in [3.8, 4) is 5.75 Å². The lowest BCUT2D eigenvalue weighted by molar-refractivity contribution is -0.129. The predicted molar refractivity (Wildman–Crippen MR) is 168 cm³/mol. The van der Waals surface area contributed by atoms with Crippen molar-refractivity contribution in [2.75, 3.05) is 69.5 Å². The average Bonchev–Trinajstić information content (AvgIpc) is 3.00. The van der Waals surface area contributed by atoms with E-state index in [1.54, 1.807) is 12.0 Å². The van der Waals surface area contributed by atoms with Crippen molar-refractivity contribution in [3.05, 3.63) is 54.1 Å². The Bertz CT molecular complexity index is 1220. The Hall–Kier alpha value is -3.83. The quantitative estimate of drug-likeness (QED) is 0.322. The van der Waals surface area contributed by atoms with Gasteiger partial charge in [0.1, 0.15) is 11.4 Å². The van der Waals surface area contributed by atoms with Crippen LogP contribution in [0.25, 0.3) is 0 Å². The molecule has 2 fully saturated rings. The first-order valence-corrected chi connectivity index (χ1v) is 15.3. The second-order valence-electron chi connectivity index (χ2n) is 12.1. The van der Waals surface area contributed by atoms with Crippen LogP contribution in [-0.2, 0) is 25.5 Å². The normalized spacial score (nSPS) is 16.3. The fourth-order valence-corrected chi connectivity index (χ4v) is 5.21. The number of piperidine rings is 1. The highest BCUT2D eigenvalue weighted by Gasteiger charge is 2.33. The van der Waals surface area contributed by atoms with Crippen LogP contribution < -0.4 is 19.9 Å². The molecule has 2 saturated heterocycles. The highest BCUT2D eigenvalue weighted by atomic mass is 16.6. The summed E-state index contributed by atoms with van der Waals surface area (Å²) in [6.45, 7) is 10.5. The molecule has 0 spiro atoms. The van der Waals surface area contributed by atoms with Gasteiger partial charge in [-0.1, -0.05) is 12.1 Å². The summed E-state index contributed by atoms with van der Waals surface area (Å²) in [6.07, 6.45) is 1.92. The monoisotopic (exact) mass is 610 g/mol. The largest absolute Gasteiger partial charge is 0.497 e. The second kappa shape index (κ2) is 15.8. The number of alkyl carbamates (subject to hydrolysis) is 1. The highest BCUT2D eigenvalue weighted by molar-refractivity contribution is 6.05. The van der Waals surface area contributed by atoms with Crippen molar-refractivity contribution in [1.82, 2.24) is 10.2 Å². The Kier molecular flexibility index (Phi) is 11.8. The van der Waals surface area contributed by atoms with Gasteiger partial charge in [0, 0.05) is 50.6 Å². The lowest BCUT2D eigenvalue weighted by Gasteiger charge is -2.35. The van der Waals surface area contributed by atoms with Crippen LogP contribution in [0.3, 0.4) is 0 Å². The highest BCUT2D eigenvalue weighted by Crippen LogP contribution is 2.28. The van der Waals surface area contributed by atoms with Gasteiger partial charge < -0.3 is 29.2 Å². The van der Waals surface area contributed by atoms with Crippen LogP contribution in [0.4, 0.5) is 21.0 Å². The maximum Gasteiger partial charge on any atom is 0.407 e. The smallest absolute Gasteiger partial charge is 0.407 e. The molecule has 44 heavy (non-hydrogen) atoms. The van der Waals surface area contributed by atoms with E-state index in [9.17, 15) is 14.4 Å². The number of urea groups is 1. The van der Waals surface area contributed by atoms with Crippen LogP contribution in [0.2, 0.25) is 0 Å². The summed E-state index contributed by atoms with van der Waals surface area (Å²) in [5, 5.41) is 2.67. The second-order valence-corrected chi connectivity index (χ2v) is 12.1. The molecule has 1 N–H and O–H groups in total. The van der Waals surface area contributed by atoms with E-state index >= 15 is 0 Å². The Morgan fingerprint density at radius 2 is 1.55 bits per heavy atom. The molecule has 4 amide bonds. The van der Waals surface area contributed by atoms with Crippen LogP contribution in [0.1, 0.15) is 45.6 Å². The van der Waals surface area contributed by atoms with Gasteiger partial charge in [0.2, 0.25) is 5.91 Å². The molecule has 11 nitrogen and oxygen atoms in total. The van der Waals surface area contributed by atoms with Crippen molar-refractivity contribution in [2.24, 2.45) is 5.92 Å². The molecule has 0 aromatic heterocycles. The van der Waals surface area contributed by atoms with Gasteiger partial charge in [-0.2, -0.15) is 0 Å². The summed E-state index contributed by atoms with van der Waals surface area (Å²) in [6, 6.07) is 15.1. The zero-order valence-corrected chi connectivity index (χ0v) is 26.4. The van der Waals surface area contributed by atoms with E-state index in [-0.39, 0.29) is 24.9 Å². The molecule has 2 heterocycles. The van der Waals surface area contributed by atoms with Crippen LogP contribution in [0.5, 0.6) is 5.75 Å². The van der Waals surface area contributed by atoms with Crippen LogP contribution in [-0.4, -0.2) is 88.2 Å². The third kappa shape index (κ3) is 9.85. The van der Waals surface area contributed by atoms with Gasteiger partial charge in [-0.25, -0.2) is 9.59 Å². The van der Waals surface area contributed by atoms with Crippen LogP contribution in [0, 0.1) is 5.92 Å². The van der Waals surface area contributed by atoms with Crippen molar-refractivity contribution in [2.45, 2.75) is 52.2 Å². The predicted octanol–water partition coefficient (Wildman–Crippen LogP) is 4.83. The number of hydrogen-bond donors (Lipinski definition) is 1. The molecule has 0 radical (unpaired) electrons. The summed E-state index contributed by atoms with van der Waals surface area (Å²) in [5.41, 5.74) is 2.27. The van der Waals surface area contributed by atoms with Crippen LogP contribution in [0.15, 0.2) is 48.5 Å². The molecule has 0 atom stereocenters. The van der Waals surface area contributed by atoms with E-state index in [1.165, 1.54) is 4.90 Å².